The Bertz CT molecular complexity index is 1000. The summed E-state index contributed by atoms with van der Waals surface area (Å²) in [4.78, 5) is 18.5. The summed E-state index contributed by atoms with van der Waals surface area (Å²) in [6.07, 6.45) is -1.45. The van der Waals surface area contributed by atoms with Crippen molar-refractivity contribution in [1.82, 2.24) is 20.1 Å². The Labute approximate surface area is 163 Å². The van der Waals surface area contributed by atoms with E-state index in [1.165, 1.54) is 22.1 Å². The fourth-order valence-corrected chi connectivity index (χ4v) is 4.42. The number of rotatable bonds is 3. The molecule has 0 radical (unpaired) electrons. The molecule has 148 valence electrons. The highest BCUT2D eigenvalue weighted by Crippen LogP contribution is 2.38. The first kappa shape index (κ1) is 18.7. The van der Waals surface area contributed by atoms with E-state index >= 15 is 0 Å². The van der Waals surface area contributed by atoms with Gasteiger partial charge in [0, 0.05) is 32.4 Å². The van der Waals surface area contributed by atoms with Gasteiger partial charge in [0.05, 0.1) is 15.8 Å². The Balaban J connectivity index is 1.44. The maximum atomic E-state index is 13.2. The number of aryl methyl sites for hydroxylation is 1. The third kappa shape index (κ3) is 3.56. The summed E-state index contributed by atoms with van der Waals surface area (Å²) in [7, 11) is 1.71. The molecule has 1 fully saturated rings. The van der Waals surface area contributed by atoms with E-state index in [0.29, 0.717) is 41.5 Å². The second-order valence-electron chi connectivity index (χ2n) is 6.72. The van der Waals surface area contributed by atoms with Gasteiger partial charge in [-0.2, -0.15) is 18.3 Å². The molecular weight excluding hydrogens is 391 g/mol. The molecule has 1 saturated heterocycles. The maximum absolute atomic E-state index is 13.2. The first-order chi connectivity index (χ1) is 13.3. The predicted molar refractivity (Wildman–Crippen MR) is 101 cm³/mol. The smallest absolute Gasteiger partial charge is 0.348 e. The summed E-state index contributed by atoms with van der Waals surface area (Å²) >= 11 is 1.27. The van der Waals surface area contributed by atoms with E-state index in [1.54, 1.807) is 25.4 Å². The number of piperidine rings is 1. The van der Waals surface area contributed by atoms with Gasteiger partial charge in [0.25, 0.3) is 5.91 Å². The van der Waals surface area contributed by atoms with Crippen LogP contribution in [-0.4, -0.2) is 39.8 Å². The number of carbonyl (C=O) groups excluding carboxylic acids is 1. The number of hydrogen-bond donors (Lipinski definition) is 1. The van der Waals surface area contributed by atoms with Crippen LogP contribution in [0.15, 0.2) is 30.5 Å². The van der Waals surface area contributed by atoms with Crippen molar-refractivity contribution in [3.63, 3.8) is 0 Å². The maximum Gasteiger partial charge on any atom is 0.418 e. The Morgan fingerprint density at radius 3 is 2.64 bits per heavy atom. The van der Waals surface area contributed by atoms with Crippen molar-refractivity contribution >= 4 is 32.6 Å². The van der Waals surface area contributed by atoms with Gasteiger partial charge in [-0.25, -0.2) is 4.98 Å². The van der Waals surface area contributed by atoms with E-state index in [1.807, 2.05) is 4.90 Å². The predicted octanol–water partition coefficient (Wildman–Crippen LogP) is 3.45. The van der Waals surface area contributed by atoms with E-state index in [0.717, 1.165) is 6.07 Å². The number of anilines is 1. The first-order valence-corrected chi connectivity index (χ1v) is 9.65. The molecule has 28 heavy (non-hydrogen) atoms. The molecule has 0 spiro atoms. The summed E-state index contributed by atoms with van der Waals surface area (Å²) < 4.78 is 41.6. The van der Waals surface area contributed by atoms with E-state index < -0.39 is 11.7 Å². The number of para-hydroxylation sites is 1. The minimum Gasteiger partial charge on any atom is -0.348 e. The van der Waals surface area contributed by atoms with Crippen LogP contribution < -0.4 is 10.2 Å². The number of amides is 1. The number of alkyl halides is 3. The van der Waals surface area contributed by atoms with E-state index in [4.69, 9.17) is 0 Å². The molecule has 1 amide bonds. The number of benzene rings is 1. The van der Waals surface area contributed by atoms with Gasteiger partial charge in [0.2, 0.25) is 0 Å². The van der Waals surface area contributed by atoms with Crippen molar-refractivity contribution in [2.24, 2.45) is 7.05 Å². The van der Waals surface area contributed by atoms with Gasteiger partial charge in [-0.3, -0.25) is 9.48 Å². The molecule has 0 unspecified atom stereocenters. The van der Waals surface area contributed by atoms with Crippen LogP contribution in [0.1, 0.15) is 28.9 Å². The highest BCUT2D eigenvalue weighted by Gasteiger charge is 2.34. The fraction of sp³-hybridized carbons (Fsp3) is 0.389. The van der Waals surface area contributed by atoms with Gasteiger partial charge in [0.1, 0.15) is 5.69 Å². The van der Waals surface area contributed by atoms with Crippen LogP contribution in [0.5, 0.6) is 0 Å². The molecule has 0 bridgehead atoms. The molecule has 0 aliphatic carbocycles. The van der Waals surface area contributed by atoms with Crippen molar-refractivity contribution in [2.45, 2.75) is 25.1 Å². The number of nitrogens with zero attached hydrogens (tertiary/aromatic N) is 4. The molecule has 3 heterocycles. The van der Waals surface area contributed by atoms with Crippen LogP contribution in [0.4, 0.5) is 18.3 Å². The number of aromatic nitrogens is 3. The lowest BCUT2D eigenvalue weighted by molar-refractivity contribution is -0.136. The Morgan fingerprint density at radius 1 is 1.25 bits per heavy atom. The van der Waals surface area contributed by atoms with Crippen LogP contribution >= 0.6 is 11.3 Å². The zero-order valence-corrected chi connectivity index (χ0v) is 15.8. The topological polar surface area (TPSA) is 63.1 Å². The van der Waals surface area contributed by atoms with Gasteiger partial charge in [0.15, 0.2) is 5.13 Å². The minimum absolute atomic E-state index is 0.00151. The zero-order valence-electron chi connectivity index (χ0n) is 15.0. The number of thiazole rings is 1. The third-order valence-corrected chi connectivity index (χ3v) is 5.95. The average molecular weight is 409 g/mol. The van der Waals surface area contributed by atoms with Crippen LogP contribution in [0.2, 0.25) is 0 Å². The minimum atomic E-state index is -4.42. The molecule has 10 heteroatoms. The van der Waals surface area contributed by atoms with Crippen molar-refractivity contribution in [3.8, 4) is 0 Å². The van der Waals surface area contributed by atoms with Crippen LogP contribution in [0, 0.1) is 0 Å². The average Bonchev–Trinajstić information content (AvgIpc) is 3.27. The lowest BCUT2D eigenvalue weighted by Crippen LogP contribution is -2.45. The molecule has 3 aromatic rings. The molecule has 1 aliphatic heterocycles. The highest BCUT2D eigenvalue weighted by molar-refractivity contribution is 7.22. The molecule has 1 aromatic carbocycles. The van der Waals surface area contributed by atoms with Crippen molar-refractivity contribution in [1.29, 1.82) is 0 Å². The molecule has 1 N–H and O–H groups in total. The Kier molecular flexibility index (Phi) is 4.74. The summed E-state index contributed by atoms with van der Waals surface area (Å²) in [6, 6.07) is 5.80. The van der Waals surface area contributed by atoms with Crippen LogP contribution in [-0.2, 0) is 13.2 Å². The lowest BCUT2D eigenvalue weighted by atomic mass is 10.1. The molecule has 0 atom stereocenters. The van der Waals surface area contributed by atoms with Gasteiger partial charge in [-0.1, -0.05) is 17.4 Å². The van der Waals surface area contributed by atoms with Crippen LogP contribution in [0.25, 0.3) is 10.2 Å². The summed E-state index contributed by atoms with van der Waals surface area (Å²) in [5, 5.41) is 7.57. The van der Waals surface area contributed by atoms with Crippen molar-refractivity contribution < 1.29 is 18.0 Å². The molecule has 2 aromatic heterocycles. The van der Waals surface area contributed by atoms with Crippen molar-refractivity contribution in [3.05, 3.63) is 41.7 Å². The molecule has 0 saturated carbocycles. The zero-order chi connectivity index (χ0) is 19.9. The van der Waals surface area contributed by atoms with Crippen molar-refractivity contribution in [2.75, 3.05) is 18.0 Å². The number of nitrogens with one attached hydrogen (secondary N) is 1. The van der Waals surface area contributed by atoms with Gasteiger partial charge < -0.3 is 10.2 Å². The number of halogens is 3. The van der Waals surface area contributed by atoms with E-state index in [-0.39, 0.29) is 17.5 Å². The second-order valence-corrected chi connectivity index (χ2v) is 7.73. The Hall–Kier alpha value is -2.62. The van der Waals surface area contributed by atoms with Crippen LogP contribution in [0.3, 0.4) is 0 Å². The summed E-state index contributed by atoms with van der Waals surface area (Å²) in [5.41, 5.74) is -0.208. The van der Waals surface area contributed by atoms with Gasteiger partial charge in [-0.05, 0) is 31.0 Å². The second kappa shape index (κ2) is 7.08. The van der Waals surface area contributed by atoms with Gasteiger partial charge >= 0.3 is 6.18 Å². The lowest BCUT2D eigenvalue weighted by Gasteiger charge is -2.32. The fourth-order valence-electron chi connectivity index (χ4n) is 3.37. The molecule has 6 nitrogen and oxygen atoms in total. The third-order valence-electron chi connectivity index (χ3n) is 4.87. The highest BCUT2D eigenvalue weighted by atomic mass is 32.1. The largest absolute Gasteiger partial charge is 0.418 e. The number of fused-ring (bicyclic) bond motifs is 1. The molecular formula is C18H18F3N5OS. The normalized spacial score (nSPS) is 15.9. The number of carbonyl (C=O) groups is 1. The monoisotopic (exact) mass is 409 g/mol. The first-order valence-electron chi connectivity index (χ1n) is 8.83. The summed E-state index contributed by atoms with van der Waals surface area (Å²) in [5.74, 6) is -0.173. The van der Waals surface area contributed by atoms with Gasteiger partial charge in [-0.15, -0.1) is 0 Å². The molecule has 1 aliphatic rings. The molecule has 4 rings (SSSR count). The number of hydrogen-bond acceptors (Lipinski definition) is 5. The quantitative estimate of drug-likeness (QED) is 0.720. The SMILES string of the molecule is Cn1nccc1C(=O)NC1CCN(c2nc3c(C(F)(F)F)cccc3s2)CC1. The summed E-state index contributed by atoms with van der Waals surface area (Å²) in [6.45, 7) is 1.25. The Morgan fingerprint density at radius 2 is 2.00 bits per heavy atom. The van der Waals surface area contributed by atoms with E-state index in [2.05, 4.69) is 15.4 Å². The van der Waals surface area contributed by atoms with E-state index in [9.17, 15) is 18.0 Å². The standard InChI is InChI=1S/C18H18F3N5OS/c1-25-13(5-8-22-25)16(27)23-11-6-9-26(10-7-11)17-24-15-12(18(19,20)21)3-2-4-14(15)28-17/h2-5,8,11H,6-7,9-10H2,1H3,(H,23,27).